The van der Waals surface area contributed by atoms with Crippen LogP contribution in [0.1, 0.15) is 12.5 Å². The molecule has 0 aromatic heterocycles. The molecule has 2 rings (SSSR count). The van der Waals surface area contributed by atoms with Gasteiger partial charge in [-0.1, -0.05) is 17.7 Å². The number of hydrogen-bond acceptors (Lipinski definition) is 3. The van der Waals surface area contributed by atoms with Crippen LogP contribution in [0.5, 0.6) is 11.5 Å². The Labute approximate surface area is 142 Å². The molecule has 0 saturated carbocycles. The van der Waals surface area contributed by atoms with E-state index in [1.54, 1.807) is 37.3 Å². The molecule has 21 heavy (non-hydrogen) atoms. The van der Waals surface area contributed by atoms with Crippen molar-refractivity contribution >= 4 is 40.2 Å². The lowest BCUT2D eigenvalue weighted by atomic mass is 10.2. The van der Waals surface area contributed by atoms with Crippen molar-refractivity contribution in [3.63, 3.8) is 0 Å². The Hall–Kier alpha value is -1.27. The minimum Gasteiger partial charge on any atom is -0.479 e. The zero-order valence-electron chi connectivity index (χ0n) is 11.6. The second-order valence-electron chi connectivity index (χ2n) is 4.55. The molecule has 0 aliphatic heterocycles. The van der Waals surface area contributed by atoms with Crippen LogP contribution >= 0.6 is 34.2 Å². The van der Waals surface area contributed by atoms with Crippen molar-refractivity contribution in [2.75, 3.05) is 0 Å². The number of rotatable bonds is 4. The third-order valence-electron chi connectivity index (χ3n) is 2.79. The van der Waals surface area contributed by atoms with Crippen molar-refractivity contribution in [1.29, 1.82) is 0 Å². The second kappa shape index (κ2) is 7.13. The molecule has 0 amide bonds. The van der Waals surface area contributed by atoms with E-state index in [4.69, 9.17) is 21.1 Å². The Morgan fingerprint density at radius 2 is 2.00 bits per heavy atom. The van der Waals surface area contributed by atoms with Crippen LogP contribution in [0, 0.1) is 10.5 Å². The van der Waals surface area contributed by atoms with E-state index in [0.717, 1.165) is 9.13 Å². The Morgan fingerprint density at radius 3 is 2.67 bits per heavy atom. The predicted molar refractivity (Wildman–Crippen MR) is 91.1 cm³/mol. The standard InChI is InChI=1S/C16H14ClIO3/c1-10-8-12(17)6-7-15(10)20-11(2)16(19)21-14-5-3-4-13(18)9-14/h3-9,11H,1-2H3. The van der Waals surface area contributed by atoms with Gasteiger partial charge in [-0.25, -0.2) is 4.79 Å². The van der Waals surface area contributed by atoms with Crippen molar-refractivity contribution in [2.45, 2.75) is 20.0 Å². The van der Waals surface area contributed by atoms with E-state index in [1.807, 2.05) is 19.1 Å². The van der Waals surface area contributed by atoms with Crippen LogP contribution in [0.2, 0.25) is 5.02 Å². The number of aryl methyl sites for hydroxylation is 1. The highest BCUT2D eigenvalue weighted by molar-refractivity contribution is 14.1. The molecule has 1 atom stereocenters. The van der Waals surface area contributed by atoms with Gasteiger partial charge in [0.15, 0.2) is 6.10 Å². The van der Waals surface area contributed by atoms with Gasteiger partial charge >= 0.3 is 5.97 Å². The summed E-state index contributed by atoms with van der Waals surface area (Å²) < 4.78 is 11.9. The lowest BCUT2D eigenvalue weighted by molar-refractivity contribution is -0.141. The average molecular weight is 417 g/mol. The molecular weight excluding hydrogens is 403 g/mol. The highest BCUT2D eigenvalue weighted by atomic mass is 127. The number of halogens is 2. The fourth-order valence-corrected chi connectivity index (χ4v) is 2.45. The summed E-state index contributed by atoms with van der Waals surface area (Å²) in [4.78, 5) is 12.0. The van der Waals surface area contributed by atoms with Gasteiger partial charge in [-0.05, 0) is 78.4 Å². The molecular formula is C16H14ClIO3. The first kappa shape index (κ1) is 16.1. The summed E-state index contributed by atoms with van der Waals surface area (Å²) in [5, 5.41) is 0.633. The minimum absolute atomic E-state index is 0.439. The molecule has 0 saturated heterocycles. The van der Waals surface area contributed by atoms with Gasteiger partial charge in [-0.15, -0.1) is 0 Å². The zero-order valence-corrected chi connectivity index (χ0v) is 14.5. The van der Waals surface area contributed by atoms with Crippen LogP contribution in [0.25, 0.3) is 0 Å². The van der Waals surface area contributed by atoms with E-state index in [1.165, 1.54) is 0 Å². The quantitative estimate of drug-likeness (QED) is 0.414. The van der Waals surface area contributed by atoms with Crippen molar-refractivity contribution in [3.8, 4) is 11.5 Å². The monoisotopic (exact) mass is 416 g/mol. The molecule has 0 heterocycles. The first-order chi connectivity index (χ1) is 9.95. The Kier molecular flexibility index (Phi) is 5.47. The molecule has 0 radical (unpaired) electrons. The van der Waals surface area contributed by atoms with Gasteiger partial charge < -0.3 is 9.47 Å². The number of hydrogen-bond donors (Lipinski definition) is 0. The highest BCUT2D eigenvalue weighted by Crippen LogP contribution is 2.23. The summed E-state index contributed by atoms with van der Waals surface area (Å²) in [7, 11) is 0. The SMILES string of the molecule is Cc1cc(Cl)ccc1OC(C)C(=O)Oc1cccc(I)c1. The highest BCUT2D eigenvalue weighted by Gasteiger charge is 2.18. The fourth-order valence-electron chi connectivity index (χ4n) is 1.71. The minimum atomic E-state index is -0.706. The smallest absolute Gasteiger partial charge is 0.352 e. The van der Waals surface area contributed by atoms with Crippen molar-refractivity contribution in [3.05, 3.63) is 56.6 Å². The van der Waals surface area contributed by atoms with Gasteiger partial charge in [0.2, 0.25) is 0 Å². The van der Waals surface area contributed by atoms with Crippen LogP contribution in [-0.2, 0) is 4.79 Å². The zero-order chi connectivity index (χ0) is 15.4. The molecule has 0 N–H and O–H groups in total. The number of benzene rings is 2. The number of ether oxygens (including phenoxy) is 2. The van der Waals surface area contributed by atoms with E-state index in [-0.39, 0.29) is 0 Å². The summed E-state index contributed by atoms with van der Waals surface area (Å²) in [6.07, 6.45) is -0.706. The predicted octanol–water partition coefficient (Wildman–Crippen LogP) is 4.63. The van der Waals surface area contributed by atoms with Crippen molar-refractivity contribution in [1.82, 2.24) is 0 Å². The molecule has 1 unspecified atom stereocenters. The molecule has 5 heteroatoms. The summed E-state index contributed by atoms with van der Waals surface area (Å²) in [6.45, 7) is 3.53. The molecule has 110 valence electrons. The third kappa shape index (κ3) is 4.61. The average Bonchev–Trinajstić information content (AvgIpc) is 2.41. The fraction of sp³-hybridized carbons (Fsp3) is 0.188. The Bertz CT molecular complexity index is 658. The van der Waals surface area contributed by atoms with Gasteiger partial charge in [0.05, 0.1) is 0 Å². The van der Waals surface area contributed by atoms with Gasteiger partial charge in [-0.2, -0.15) is 0 Å². The lowest BCUT2D eigenvalue weighted by Crippen LogP contribution is -2.28. The molecule has 0 fully saturated rings. The van der Waals surface area contributed by atoms with E-state index < -0.39 is 12.1 Å². The Balaban J connectivity index is 2.02. The number of esters is 1. The lowest BCUT2D eigenvalue weighted by Gasteiger charge is -2.15. The van der Waals surface area contributed by atoms with Crippen molar-refractivity contribution < 1.29 is 14.3 Å². The van der Waals surface area contributed by atoms with Gasteiger partial charge in [0.1, 0.15) is 11.5 Å². The van der Waals surface area contributed by atoms with Crippen LogP contribution in [0.4, 0.5) is 0 Å². The third-order valence-corrected chi connectivity index (χ3v) is 3.69. The molecule has 3 nitrogen and oxygen atoms in total. The van der Waals surface area contributed by atoms with Crippen LogP contribution in [-0.4, -0.2) is 12.1 Å². The molecule has 0 spiro atoms. The van der Waals surface area contributed by atoms with Gasteiger partial charge in [0.25, 0.3) is 0 Å². The summed E-state index contributed by atoms with van der Waals surface area (Å²) in [5.41, 5.74) is 0.872. The topological polar surface area (TPSA) is 35.5 Å². The molecule has 2 aromatic carbocycles. The molecule has 2 aromatic rings. The van der Waals surface area contributed by atoms with Gasteiger partial charge in [0, 0.05) is 8.59 Å². The van der Waals surface area contributed by atoms with E-state index in [9.17, 15) is 4.79 Å². The van der Waals surface area contributed by atoms with Crippen molar-refractivity contribution in [2.24, 2.45) is 0 Å². The van der Waals surface area contributed by atoms with Crippen LogP contribution < -0.4 is 9.47 Å². The van der Waals surface area contributed by atoms with Crippen LogP contribution in [0.15, 0.2) is 42.5 Å². The van der Waals surface area contributed by atoms with E-state index >= 15 is 0 Å². The summed E-state index contributed by atoms with van der Waals surface area (Å²) in [5.74, 6) is 0.688. The maximum atomic E-state index is 12.0. The molecule has 0 aliphatic carbocycles. The number of carbonyl (C=O) groups excluding carboxylic acids is 1. The van der Waals surface area contributed by atoms with Crippen LogP contribution in [0.3, 0.4) is 0 Å². The summed E-state index contributed by atoms with van der Waals surface area (Å²) in [6, 6.07) is 12.5. The molecule has 0 aliphatic rings. The first-order valence-corrected chi connectivity index (χ1v) is 7.81. The largest absolute Gasteiger partial charge is 0.479 e. The number of carbonyl (C=O) groups is 1. The van der Waals surface area contributed by atoms with E-state index in [2.05, 4.69) is 22.6 Å². The molecule has 0 bridgehead atoms. The van der Waals surface area contributed by atoms with E-state index in [0.29, 0.717) is 16.5 Å². The first-order valence-electron chi connectivity index (χ1n) is 6.36. The van der Waals surface area contributed by atoms with Gasteiger partial charge in [-0.3, -0.25) is 0 Å². The Morgan fingerprint density at radius 1 is 1.24 bits per heavy atom. The maximum Gasteiger partial charge on any atom is 0.352 e. The second-order valence-corrected chi connectivity index (χ2v) is 6.23. The summed E-state index contributed by atoms with van der Waals surface area (Å²) >= 11 is 8.05. The normalized spacial score (nSPS) is 11.8. The maximum absolute atomic E-state index is 12.0.